The molecule has 0 aromatic rings. The Balaban J connectivity index is 1.94. The molecule has 122 valence electrons. The minimum Gasteiger partial charge on any atom is -0.339 e. The molecule has 2 saturated heterocycles. The number of amides is 1. The molecular formula is C18H34N2O. The van der Waals surface area contributed by atoms with Gasteiger partial charge in [-0.3, -0.25) is 4.79 Å². The summed E-state index contributed by atoms with van der Waals surface area (Å²) in [5, 5.41) is 3.68. The number of rotatable bonds is 7. The van der Waals surface area contributed by atoms with Gasteiger partial charge in [-0.15, -0.1) is 0 Å². The van der Waals surface area contributed by atoms with Crippen LogP contribution in [0.3, 0.4) is 0 Å². The zero-order valence-corrected chi connectivity index (χ0v) is 14.4. The molecule has 0 aromatic carbocycles. The zero-order valence-electron chi connectivity index (χ0n) is 14.4. The number of nitrogens with zero attached hydrogens (tertiary/aromatic N) is 1. The third kappa shape index (κ3) is 4.45. The van der Waals surface area contributed by atoms with Crippen molar-refractivity contribution in [3.63, 3.8) is 0 Å². The van der Waals surface area contributed by atoms with Crippen LogP contribution in [0.15, 0.2) is 0 Å². The van der Waals surface area contributed by atoms with E-state index in [4.69, 9.17) is 0 Å². The molecule has 2 fully saturated rings. The topological polar surface area (TPSA) is 32.3 Å². The molecule has 2 atom stereocenters. The first-order chi connectivity index (χ1) is 10.0. The zero-order chi connectivity index (χ0) is 15.4. The van der Waals surface area contributed by atoms with Crippen molar-refractivity contribution in [2.45, 2.75) is 90.8 Å². The molecule has 2 heterocycles. The average molecular weight is 294 g/mol. The fourth-order valence-corrected chi connectivity index (χ4v) is 4.28. The van der Waals surface area contributed by atoms with E-state index in [2.05, 4.69) is 37.9 Å². The van der Waals surface area contributed by atoms with E-state index in [9.17, 15) is 4.79 Å². The summed E-state index contributed by atoms with van der Waals surface area (Å²) in [4.78, 5) is 15.0. The third-order valence-electron chi connectivity index (χ3n) is 5.30. The van der Waals surface area contributed by atoms with Gasteiger partial charge in [-0.05, 0) is 50.4 Å². The number of piperidine rings is 1. The van der Waals surface area contributed by atoms with E-state index in [1.54, 1.807) is 0 Å². The largest absolute Gasteiger partial charge is 0.339 e. The van der Waals surface area contributed by atoms with Gasteiger partial charge in [-0.2, -0.15) is 0 Å². The van der Waals surface area contributed by atoms with E-state index < -0.39 is 0 Å². The van der Waals surface area contributed by atoms with Crippen molar-refractivity contribution in [3.8, 4) is 0 Å². The van der Waals surface area contributed by atoms with Crippen molar-refractivity contribution in [2.75, 3.05) is 6.54 Å². The quantitative estimate of drug-likeness (QED) is 0.778. The molecule has 2 bridgehead atoms. The molecule has 0 spiro atoms. The van der Waals surface area contributed by atoms with Crippen molar-refractivity contribution in [1.29, 1.82) is 0 Å². The van der Waals surface area contributed by atoms with Gasteiger partial charge < -0.3 is 10.2 Å². The fourth-order valence-electron chi connectivity index (χ4n) is 4.28. The summed E-state index contributed by atoms with van der Waals surface area (Å²) in [6.45, 7) is 9.77. The predicted molar refractivity (Wildman–Crippen MR) is 88.2 cm³/mol. The smallest absolute Gasteiger partial charge is 0.223 e. The van der Waals surface area contributed by atoms with E-state index in [0.717, 1.165) is 25.8 Å². The molecule has 3 nitrogen and oxygen atoms in total. The van der Waals surface area contributed by atoms with Crippen LogP contribution < -0.4 is 5.32 Å². The van der Waals surface area contributed by atoms with Crippen molar-refractivity contribution in [1.82, 2.24) is 10.2 Å². The van der Waals surface area contributed by atoms with Crippen LogP contribution >= 0.6 is 0 Å². The lowest BCUT2D eigenvalue weighted by Gasteiger charge is -2.35. The van der Waals surface area contributed by atoms with Crippen LogP contribution in [0.2, 0.25) is 0 Å². The molecule has 0 radical (unpaired) electrons. The monoisotopic (exact) mass is 294 g/mol. The molecule has 2 aliphatic heterocycles. The highest BCUT2D eigenvalue weighted by molar-refractivity contribution is 5.76. The number of nitrogens with one attached hydrogen (secondary N) is 1. The van der Waals surface area contributed by atoms with E-state index in [1.165, 1.54) is 25.7 Å². The highest BCUT2D eigenvalue weighted by Gasteiger charge is 2.35. The van der Waals surface area contributed by atoms with Gasteiger partial charge in [-0.25, -0.2) is 0 Å². The van der Waals surface area contributed by atoms with Crippen molar-refractivity contribution < 1.29 is 4.79 Å². The van der Waals surface area contributed by atoms with E-state index in [1.807, 2.05) is 0 Å². The second kappa shape index (κ2) is 7.62. The van der Waals surface area contributed by atoms with Crippen LogP contribution in [0.5, 0.6) is 0 Å². The molecule has 0 saturated carbocycles. The summed E-state index contributed by atoms with van der Waals surface area (Å²) < 4.78 is 0. The molecule has 3 heteroatoms. The number of hydrogen-bond donors (Lipinski definition) is 1. The van der Waals surface area contributed by atoms with Gasteiger partial charge in [0.15, 0.2) is 0 Å². The number of hydrogen-bond acceptors (Lipinski definition) is 2. The second-order valence-electron chi connectivity index (χ2n) is 7.59. The molecule has 1 N–H and O–H groups in total. The van der Waals surface area contributed by atoms with E-state index in [-0.39, 0.29) is 0 Å². The Morgan fingerprint density at radius 2 is 1.71 bits per heavy atom. The van der Waals surface area contributed by atoms with Gasteiger partial charge in [0.1, 0.15) is 0 Å². The summed E-state index contributed by atoms with van der Waals surface area (Å²) in [5.41, 5.74) is 0. The molecule has 2 unspecified atom stereocenters. The maximum Gasteiger partial charge on any atom is 0.223 e. The fraction of sp³-hybridized carbons (Fsp3) is 0.944. The first-order valence-electron chi connectivity index (χ1n) is 9.08. The highest BCUT2D eigenvalue weighted by atomic mass is 16.2. The van der Waals surface area contributed by atoms with E-state index >= 15 is 0 Å². The Labute approximate surface area is 130 Å². The SMILES string of the molecule is CCC(CC)N(CC(C)C)C(=O)CC1CC2CCC(C1)N2. The molecular weight excluding hydrogens is 260 g/mol. The standard InChI is InChI=1S/C18H34N2O/c1-5-17(6-2)20(12-13(3)4)18(21)11-14-9-15-7-8-16(10-14)19-15/h13-17,19H,5-12H2,1-4H3. The van der Waals surface area contributed by atoms with Gasteiger partial charge in [0.05, 0.1) is 0 Å². The summed E-state index contributed by atoms with van der Waals surface area (Å²) in [6, 6.07) is 1.81. The predicted octanol–water partition coefficient (Wildman–Crippen LogP) is 3.58. The van der Waals surface area contributed by atoms with Crippen LogP contribution in [0, 0.1) is 11.8 Å². The summed E-state index contributed by atoms with van der Waals surface area (Å²) in [7, 11) is 0. The van der Waals surface area contributed by atoms with Gasteiger partial charge in [0.2, 0.25) is 5.91 Å². The summed E-state index contributed by atoms with van der Waals surface area (Å²) in [5.74, 6) is 1.57. The molecule has 1 amide bonds. The summed E-state index contributed by atoms with van der Waals surface area (Å²) >= 11 is 0. The lowest BCUT2D eigenvalue weighted by atomic mass is 9.89. The minimum atomic E-state index is 0.406. The minimum absolute atomic E-state index is 0.406. The average Bonchev–Trinajstić information content (AvgIpc) is 2.77. The summed E-state index contributed by atoms with van der Waals surface area (Å²) in [6.07, 6.45) is 7.98. The highest BCUT2D eigenvalue weighted by Crippen LogP contribution is 2.33. The lowest BCUT2D eigenvalue weighted by Crippen LogP contribution is -2.44. The Kier molecular flexibility index (Phi) is 6.09. The second-order valence-corrected chi connectivity index (χ2v) is 7.59. The Hall–Kier alpha value is -0.570. The van der Waals surface area contributed by atoms with Crippen LogP contribution in [0.1, 0.15) is 72.6 Å². The molecule has 0 aliphatic carbocycles. The molecule has 2 aliphatic rings. The van der Waals surface area contributed by atoms with Gasteiger partial charge in [-0.1, -0.05) is 27.7 Å². The van der Waals surface area contributed by atoms with E-state index in [0.29, 0.717) is 35.9 Å². The Bertz CT molecular complexity index is 326. The Morgan fingerprint density at radius 3 is 2.19 bits per heavy atom. The number of fused-ring (bicyclic) bond motifs is 2. The maximum atomic E-state index is 12.8. The first kappa shape index (κ1) is 16.8. The van der Waals surface area contributed by atoms with Gasteiger partial charge >= 0.3 is 0 Å². The van der Waals surface area contributed by atoms with Crippen molar-refractivity contribution in [2.24, 2.45) is 11.8 Å². The van der Waals surface area contributed by atoms with Gasteiger partial charge in [0, 0.05) is 31.1 Å². The normalized spacial score (nSPS) is 28.4. The van der Waals surface area contributed by atoms with Crippen LogP contribution in [-0.4, -0.2) is 35.5 Å². The number of carbonyl (C=O) groups excluding carboxylic acids is 1. The van der Waals surface area contributed by atoms with Crippen molar-refractivity contribution in [3.05, 3.63) is 0 Å². The maximum absolute atomic E-state index is 12.8. The van der Waals surface area contributed by atoms with Gasteiger partial charge in [0.25, 0.3) is 0 Å². The lowest BCUT2D eigenvalue weighted by molar-refractivity contribution is -0.135. The number of carbonyl (C=O) groups is 1. The van der Waals surface area contributed by atoms with Crippen LogP contribution in [0.25, 0.3) is 0 Å². The van der Waals surface area contributed by atoms with Crippen molar-refractivity contribution >= 4 is 5.91 Å². The third-order valence-corrected chi connectivity index (χ3v) is 5.30. The first-order valence-corrected chi connectivity index (χ1v) is 9.08. The molecule has 21 heavy (non-hydrogen) atoms. The molecule has 2 rings (SSSR count). The Morgan fingerprint density at radius 1 is 1.14 bits per heavy atom. The van der Waals surface area contributed by atoms with Crippen LogP contribution in [0.4, 0.5) is 0 Å². The van der Waals surface area contributed by atoms with Crippen LogP contribution in [-0.2, 0) is 4.79 Å². The molecule has 0 aromatic heterocycles.